The first-order valence-electron chi connectivity index (χ1n) is 7.91. The summed E-state index contributed by atoms with van der Waals surface area (Å²) in [4.78, 5) is 7.96. The number of H-pyrrole nitrogens is 1. The smallest absolute Gasteiger partial charge is 0.125 e. The lowest BCUT2D eigenvalue weighted by Crippen LogP contribution is -2.14. The van der Waals surface area contributed by atoms with Gasteiger partial charge in [0.15, 0.2) is 0 Å². The minimum atomic E-state index is -0.198. The molecule has 0 spiro atoms. The van der Waals surface area contributed by atoms with E-state index in [0.717, 1.165) is 22.8 Å². The molecular weight excluding hydrogens is 251 g/mol. The van der Waals surface area contributed by atoms with Crippen LogP contribution in [0.4, 0.5) is 4.39 Å². The van der Waals surface area contributed by atoms with Gasteiger partial charge in [0, 0.05) is 5.92 Å². The van der Waals surface area contributed by atoms with Crippen LogP contribution in [0.3, 0.4) is 0 Å². The number of rotatable bonds is 4. The topological polar surface area (TPSA) is 28.7 Å². The Morgan fingerprint density at radius 1 is 1.25 bits per heavy atom. The molecule has 1 aliphatic carbocycles. The average molecular weight is 274 g/mol. The number of aromatic amines is 1. The third-order valence-electron chi connectivity index (χ3n) is 4.66. The Kier molecular flexibility index (Phi) is 4.04. The molecule has 1 heterocycles. The first-order chi connectivity index (χ1) is 9.76. The number of benzene rings is 1. The van der Waals surface area contributed by atoms with Gasteiger partial charge < -0.3 is 4.98 Å². The number of halogens is 1. The van der Waals surface area contributed by atoms with Crippen molar-refractivity contribution in [1.29, 1.82) is 0 Å². The number of hydrogen-bond donors (Lipinski definition) is 1. The zero-order valence-electron chi connectivity index (χ0n) is 12.2. The monoisotopic (exact) mass is 274 g/mol. The lowest BCUT2D eigenvalue weighted by Gasteiger charge is -2.27. The molecule has 1 aromatic carbocycles. The molecule has 0 saturated heterocycles. The van der Waals surface area contributed by atoms with Gasteiger partial charge in [-0.25, -0.2) is 9.37 Å². The molecule has 0 radical (unpaired) electrons. The molecule has 2 nitrogen and oxygen atoms in total. The Bertz CT molecular complexity index is 567. The van der Waals surface area contributed by atoms with Gasteiger partial charge in [-0.3, -0.25) is 0 Å². The molecule has 1 saturated carbocycles. The molecular formula is C17H23FN2. The van der Waals surface area contributed by atoms with Crippen LogP contribution in [-0.4, -0.2) is 9.97 Å². The Morgan fingerprint density at radius 2 is 2.05 bits per heavy atom. The first kappa shape index (κ1) is 13.6. The molecule has 3 heteroatoms. The molecule has 20 heavy (non-hydrogen) atoms. The van der Waals surface area contributed by atoms with Gasteiger partial charge in [-0.2, -0.15) is 0 Å². The summed E-state index contributed by atoms with van der Waals surface area (Å²) in [5, 5.41) is 0. The van der Waals surface area contributed by atoms with Gasteiger partial charge in [-0.05, 0) is 49.8 Å². The minimum absolute atomic E-state index is 0.198. The Balaban J connectivity index is 1.67. The van der Waals surface area contributed by atoms with Crippen molar-refractivity contribution < 1.29 is 4.39 Å². The van der Waals surface area contributed by atoms with Crippen molar-refractivity contribution in [2.45, 2.75) is 57.8 Å². The van der Waals surface area contributed by atoms with Crippen LogP contribution in [0, 0.1) is 11.7 Å². The highest BCUT2D eigenvalue weighted by atomic mass is 19.1. The third-order valence-corrected chi connectivity index (χ3v) is 4.66. The zero-order chi connectivity index (χ0) is 13.9. The fourth-order valence-corrected chi connectivity index (χ4v) is 3.41. The maximum Gasteiger partial charge on any atom is 0.125 e. The summed E-state index contributed by atoms with van der Waals surface area (Å²) >= 11 is 0. The van der Waals surface area contributed by atoms with Gasteiger partial charge in [0.05, 0.1) is 11.0 Å². The standard InChI is InChI=1S/C17H23FN2/c1-2-3-4-12-5-7-13(8-6-12)17-19-15-10-9-14(18)11-16(15)20-17/h9-13H,2-8H2,1H3,(H,19,20). The summed E-state index contributed by atoms with van der Waals surface area (Å²) in [7, 11) is 0. The average Bonchev–Trinajstić information content (AvgIpc) is 2.88. The second-order valence-corrected chi connectivity index (χ2v) is 6.14. The van der Waals surface area contributed by atoms with Crippen molar-refractivity contribution >= 4 is 11.0 Å². The maximum atomic E-state index is 13.2. The molecule has 0 amide bonds. The van der Waals surface area contributed by atoms with Gasteiger partial charge >= 0.3 is 0 Å². The van der Waals surface area contributed by atoms with Gasteiger partial charge in [0.2, 0.25) is 0 Å². The third kappa shape index (κ3) is 2.87. The van der Waals surface area contributed by atoms with E-state index < -0.39 is 0 Å². The number of fused-ring (bicyclic) bond motifs is 1. The van der Waals surface area contributed by atoms with Crippen molar-refractivity contribution in [3.05, 3.63) is 29.8 Å². The largest absolute Gasteiger partial charge is 0.342 e. The van der Waals surface area contributed by atoms with E-state index >= 15 is 0 Å². The summed E-state index contributed by atoms with van der Waals surface area (Å²) in [6.07, 6.45) is 9.11. The lowest BCUT2D eigenvalue weighted by atomic mass is 9.79. The second-order valence-electron chi connectivity index (χ2n) is 6.14. The fraction of sp³-hybridized carbons (Fsp3) is 0.588. The second kappa shape index (κ2) is 5.94. The molecule has 1 aliphatic rings. The molecule has 0 aliphatic heterocycles. The van der Waals surface area contributed by atoms with Crippen LogP contribution < -0.4 is 0 Å². The minimum Gasteiger partial charge on any atom is -0.342 e. The van der Waals surface area contributed by atoms with Crippen molar-refractivity contribution in [3.63, 3.8) is 0 Å². The molecule has 2 aromatic rings. The van der Waals surface area contributed by atoms with E-state index in [9.17, 15) is 4.39 Å². The van der Waals surface area contributed by atoms with Gasteiger partial charge in [-0.15, -0.1) is 0 Å². The van der Waals surface area contributed by atoms with Gasteiger partial charge in [0.25, 0.3) is 0 Å². The van der Waals surface area contributed by atoms with Crippen molar-refractivity contribution in [3.8, 4) is 0 Å². The highest BCUT2D eigenvalue weighted by Gasteiger charge is 2.24. The normalized spacial score (nSPS) is 23.3. The van der Waals surface area contributed by atoms with Crippen LogP contribution in [-0.2, 0) is 0 Å². The Hall–Kier alpha value is -1.38. The summed E-state index contributed by atoms with van der Waals surface area (Å²) in [5.74, 6) is 2.30. The van der Waals surface area contributed by atoms with Gasteiger partial charge in [-0.1, -0.05) is 26.2 Å². The zero-order valence-corrected chi connectivity index (χ0v) is 12.2. The van der Waals surface area contributed by atoms with Crippen molar-refractivity contribution in [2.24, 2.45) is 5.92 Å². The quantitative estimate of drug-likeness (QED) is 0.819. The van der Waals surface area contributed by atoms with Crippen LogP contribution in [0.1, 0.15) is 63.6 Å². The number of nitrogens with zero attached hydrogens (tertiary/aromatic N) is 1. The molecule has 0 atom stereocenters. The van der Waals surface area contributed by atoms with Crippen LogP contribution in [0.2, 0.25) is 0 Å². The lowest BCUT2D eigenvalue weighted by molar-refractivity contribution is 0.299. The van der Waals surface area contributed by atoms with E-state index in [0.29, 0.717) is 5.92 Å². The van der Waals surface area contributed by atoms with E-state index in [1.165, 1.54) is 51.0 Å². The van der Waals surface area contributed by atoms with Crippen LogP contribution in [0.5, 0.6) is 0 Å². The molecule has 108 valence electrons. The SMILES string of the molecule is CCCCC1CCC(c2nc3ccc(F)cc3[nH]2)CC1. The molecule has 0 bridgehead atoms. The molecule has 3 rings (SSSR count). The van der Waals surface area contributed by atoms with E-state index in [4.69, 9.17) is 0 Å². The van der Waals surface area contributed by atoms with Crippen molar-refractivity contribution in [1.82, 2.24) is 9.97 Å². The maximum absolute atomic E-state index is 13.2. The number of hydrogen-bond acceptors (Lipinski definition) is 1. The number of imidazole rings is 1. The molecule has 1 N–H and O–H groups in total. The number of nitrogens with one attached hydrogen (secondary N) is 1. The van der Waals surface area contributed by atoms with Crippen LogP contribution in [0.15, 0.2) is 18.2 Å². The van der Waals surface area contributed by atoms with E-state index in [2.05, 4.69) is 16.9 Å². The number of unbranched alkanes of at least 4 members (excludes halogenated alkanes) is 1. The summed E-state index contributed by atoms with van der Waals surface area (Å²) in [5.41, 5.74) is 1.71. The highest BCUT2D eigenvalue weighted by molar-refractivity contribution is 5.75. The van der Waals surface area contributed by atoms with Crippen LogP contribution >= 0.6 is 0 Å². The molecule has 1 fully saturated rings. The van der Waals surface area contributed by atoms with Crippen molar-refractivity contribution in [2.75, 3.05) is 0 Å². The Morgan fingerprint density at radius 3 is 2.80 bits per heavy atom. The van der Waals surface area contributed by atoms with E-state index in [1.807, 2.05) is 0 Å². The van der Waals surface area contributed by atoms with Crippen LogP contribution in [0.25, 0.3) is 11.0 Å². The summed E-state index contributed by atoms with van der Waals surface area (Å²) < 4.78 is 13.2. The highest BCUT2D eigenvalue weighted by Crippen LogP contribution is 2.37. The van der Waals surface area contributed by atoms with E-state index in [1.54, 1.807) is 12.1 Å². The first-order valence-corrected chi connectivity index (χ1v) is 7.91. The number of aromatic nitrogens is 2. The predicted molar refractivity (Wildman–Crippen MR) is 80.3 cm³/mol. The summed E-state index contributed by atoms with van der Waals surface area (Å²) in [6, 6.07) is 4.78. The Labute approximate surface area is 119 Å². The molecule has 0 unspecified atom stereocenters. The summed E-state index contributed by atoms with van der Waals surface area (Å²) in [6.45, 7) is 2.26. The molecule has 1 aromatic heterocycles. The van der Waals surface area contributed by atoms with Gasteiger partial charge in [0.1, 0.15) is 11.6 Å². The van der Waals surface area contributed by atoms with E-state index in [-0.39, 0.29) is 5.82 Å². The fourth-order valence-electron chi connectivity index (χ4n) is 3.41. The predicted octanol–water partition coefficient (Wildman–Crippen LogP) is 5.17.